The predicted molar refractivity (Wildman–Crippen MR) is 99.0 cm³/mol. The zero-order valence-corrected chi connectivity index (χ0v) is 13.9. The van der Waals surface area contributed by atoms with Gasteiger partial charge in [0, 0.05) is 28.8 Å². The minimum Gasteiger partial charge on any atom is -0.456 e. The second-order valence-electron chi connectivity index (χ2n) is 6.36. The average Bonchev–Trinajstić information content (AvgIpc) is 3.06. The first kappa shape index (κ1) is 14.7. The molecule has 0 aliphatic heterocycles. The minimum atomic E-state index is 0.535. The van der Waals surface area contributed by atoms with Gasteiger partial charge in [-0.15, -0.1) is 0 Å². The van der Waals surface area contributed by atoms with Crippen LogP contribution in [0.25, 0.3) is 33.6 Å². The van der Waals surface area contributed by atoms with E-state index in [2.05, 4.69) is 61.3 Å². The van der Waals surface area contributed by atoms with Gasteiger partial charge in [0.15, 0.2) is 0 Å². The van der Waals surface area contributed by atoms with E-state index in [1.54, 1.807) is 0 Å². The van der Waals surface area contributed by atoms with Crippen molar-refractivity contribution >= 4 is 11.0 Å². The van der Waals surface area contributed by atoms with Crippen LogP contribution < -0.4 is 0 Å². The van der Waals surface area contributed by atoms with Crippen LogP contribution in [-0.4, -0.2) is 4.98 Å². The number of aromatic nitrogens is 1. The number of fused-ring (bicyclic) bond motifs is 1. The lowest BCUT2D eigenvalue weighted by atomic mass is 10.0. The molecule has 24 heavy (non-hydrogen) atoms. The molecule has 2 heterocycles. The second kappa shape index (κ2) is 5.97. The Morgan fingerprint density at radius 2 is 1.58 bits per heavy atom. The Balaban J connectivity index is 1.73. The van der Waals surface area contributed by atoms with Crippen LogP contribution in [0.5, 0.6) is 0 Å². The monoisotopic (exact) mass is 313 g/mol. The summed E-state index contributed by atoms with van der Waals surface area (Å²) < 4.78 is 6.08. The van der Waals surface area contributed by atoms with Crippen LogP contribution in [0.3, 0.4) is 0 Å². The first-order valence-electron chi connectivity index (χ1n) is 8.26. The third kappa shape index (κ3) is 2.71. The van der Waals surface area contributed by atoms with E-state index in [0.717, 1.165) is 33.6 Å². The summed E-state index contributed by atoms with van der Waals surface area (Å²) in [5, 5.41) is 1.03. The van der Waals surface area contributed by atoms with E-state index in [4.69, 9.17) is 4.42 Å². The third-order valence-electron chi connectivity index (χ3n) is 4.33. The van der Waals surface area contributed by atoms with Crippen LogP contribution in [0.15, 0.2) is 77.3 Å². The van der Waals surface area contributed by atoms with Crippen LogP contribution >= 0.6 is 0 Å². The largest absolute Gasteiger partial charge is 0.456 e. The molecule has 0 aliphatic rings. The van der Waals surface area contributed by atoms with E-state index < -0.39 is 0 Å². The number of nitrogens with zero attached hydrogens (tertiary/aromatic N) is 1. The molecule has 0 aliphatic carbocycles. The lowest BCUT2D eigenvalue weighted by molar-refractivity contribution is 0.631. The molecule has 2 aromatic heterocycles. The van der Waals surface area contributed by atoms with Crippen molar-refractivity contribution < 1.29 is 4.42 Å². The molecule has 118 valence electrons. The van der Waals surface area contributed by atoms with E-state index >= 15 is 0 Å². The van der Waals surface area contributed by atoms with Crippen molar-refractivity contribution in [3.05, 3.63) is 78.5 Å². The molecule has 2 aromatic carbocycles. The van der Waals surface area contributed by atoms with E-state index in [-0.39, 0.29) is 0 Å². The summed E-state index contributed by atoms with van der Waals surface area (Å²) in [5.74, 6) is 1.42. The van der Waals surface area contributed by atoms with Crippen LogP contribution in [0.1, 0.15) is 25.3 Å². The first-order valence-corrected chi connectivity index (χ1v) is 8.26. The fraction of sp³-hybridized carbons (Fsp3) is 0.136. The first-order chi connectivity index (χ1) is 11.7. The fourth-order valence-electron chi connectivity index (χ4n) is 2.87. The highest BCUT2D eigenvalue weighted by molar-refractivity contribution is 5.85. The maximum absolute atomic E-state index is 6.08. The van der Waals surface area contributed by atoms with Gasteiger partial charge in [0.05, 0.1) is 5.69 Å². The van der Waals surface area contributed by atoms with Gasteiger partial charge in [0.25, 0.3) is 0 Å². The minimum absolute atomic E-state index is 0.535. The molecule has 0 spiro atoms. The Morgan fingerprint density at radius 3 is 2.29 bits per heavy atom. The van der Waals surface area contributed by atoms with Crippen molar-refractivity contribution in [1.29, 1.82) is 0 Å². The zero-order chi connectivity index (χ0) is 16.5. The van der Waals surface area contributed by atoms with Crippen molar-refractivity contribution in [3.63, 3.8) is 0 Å². The Kier molecular flexibility index (Phi) is 3.66. The number of furan rings is 1. The van der Waals surface area contributed by atoms with Gasteiger partial charge >= 0.3 is 0 Å². The number of benzene rings is 2. The van der Waals surface area contributed by atoms with Gasteiger partial charge < -0.3 is 4.42 Å². The number of hydrogen-bond acceptors (Lipinski definition) is 2. The van der Waals surface area contributed by atoms with Crippen LogP contribution in [0.2, 0.25) is 0 Å². The summed E-state index contributed by atoms with van der Waals surface area (Å²) in [6.07, 6.45) is 1.88. The van der Waals surface area contributed by atoms with Crippen LogP contribution in [0, 0.1) is 0 Å². The van der Waals surface area contributed by atoms with E-state index in [0.29, 0.717) is 5.92 Å². The Bertz CT molecular complexity index is 966. The van der Waals surface area contributed by atoms with Gasteiger partial charge in [0.1, 0.15) is 11.3 Å². The van der Waals surface area contributed by atoms with Crippen molar-refractivity contribution in [1.82, 2.24) is 4.98 Å². The van der Waals surface area contributed by atoms with Crippen LogP contribution in [0.4, 0.5) is 0 Å². The molecule has 0 atom stereocenters. The zero-order valence-electron chi connectivity index (χ0n) is 13.9. The normalized spacial score (nSPS) is 11.3. The lowest BCUT2D eigenvalue weighted by Crippen LogP contribution is -1.85. The van der Waals surface area contributed by atoms with Crippen molar-refractivity contribution in [2.75, 3.05) is 0 Å². The molecule has 0 radical (unpaired) electrons. The Hall–Kier alpha value is -2.87. The van der Waals surface area contributed by atoms with Gasteiger partial charge in [-0.3, -0.25) is 4.98 Å². The van der Waals surface area contributed by atoms with Gasteiger partial charge in [0.2, 0.25) is 0 Å². The molecule has 2 nitrogen and oxygen atoms in total. The molecule has 0 fully saturated rings. The SMILES string of the molecule is CC(C)c1ccc(-c2cc3cnc(-c4ccccc4)cc3o2)cc1. The molecule has 0 amide bonds. The molecule has 0 N–H and O–H groups in total. The summed E-state index contributed by atoms with van der Waals surface area (Å²) >= 11 is 0. The molecule has 2 heteroatoms. The summed E-state index contributed by atoms with van der Waals surface area (Å²) in [5.41, 5.74) is 5.32. The van der Waals surface area contributed by atoms with Crippen LogP contribution in [-0.2, 0) is 0 Å². The number of pyridine rings is 1. The van der Waals surface area contributed by atoms with Crippen molar-refractivity contribution in [3.8, 4) is 22.6 Å². The smallest absolute Gasteiger partial charge is 0.138 e. The quantitative estimate of drug-likeness (QED) is 0.444. The van der Waals surface area contributed by atoms with Crippen molar-refractivity contribution in [2.24, 2.45) is 0 Å². The Labute approximate surface area is 141 Å². The average molecular weight is 313 g/mol. The highest BCUT2D eigenvalue weighted by atomic mass is 16.3. The molecule has 0 saturated heterocycles. The highest BCUT2D eigenvalue weighted by Gasteiger charge is 2.09. The fourth-order valence-corrected chi connectivity index (χ4v) is 2.87. The molecule has 4 rings (SSSR count). The number of hydrogen-bond donors (Lipinski definition) is 0. The maximum atomic E-state index is 6.08. The molecule has 4 aromatic rings. The van der Waals surface area contributed by atoms with E-state index in [1.165, 1.54) is 5.56 Å². The van der Waals surface area contributed by atoms with Gasteiger partial charge in [-0.2, -0.15) is 0 Å². The van der Waals surface area contributed by atoms with Gasteiger partial charge in [-0.1, -0.05) is 68.4 Å². The Morgan fingerprint density at radius 1 is 0.833 bits per heavy atom. The molecule has 0 unspecified atom stereocenters. The summed E-state index contributed by atoms with van der Waals surface area (Å²) in [4.78, 5) is 4.56. The maximum Gasteiger partial charge on any atom is 0.138 e. The summed E-state index contributed by atoms with van der Waals surface area (Å²) in [6, 6.07) is 22.8. The molecular weight excluding hydrogens is 294 g/mol. The standard InChI is InChI=1S/C22H19NO/c1-15(2)16-8-10-18(11-9-16)21-12-19-14-23-20(13-22(19)24-21)17-6-4-3-5-7-17/h3-15H,1-2H3. The topological polar surface area (TPSA) is 26.0 Å². The van der Waals surface area contributed by atoms with Gasteiger partial charge in [-0.05, 0) is 17.5 Å². The summed E-state index contributed by atoms with van der Waals surface area (Å²) in [6.45, 7) is 4.40. The van der Waals surface area contributed by atoms with Gasteiger partial charge in [-0.25, -0.2) is 0 Å². The number of rotatable bonds is 3. The summed E-state index contributed by atoms with van der Waals surface area (Å²) in [7, 11) is 0. The molecular formula is C22H19NO. The van der Waals surface area contributed by atoms with E-state index in [1.807, 2.05) is 30.5 Å². The molecule has 0 bridgehead atoms. The second-order valence-corrected chi connectivity index (χ2v) is 6.36. The highest BCUT2D eigenvalue weighted by Crippen LogP contribution is 2.30. The third-order valence-corrected chi connectivity index (χ3v) is 4.33. The van der Waals surface area contributed by atoms with Crippen molar-refractivity contribution in [2.45, 2.75) is 19.8 Å². The molecule has 0 saturated carbocycles. The lowest BCUT2D eigenvalue weighted by Gasteiger charge is -2.05. The van der Waals surface area contributed by atoms with E-state index in [9.17, 15) is 0 Å². The predicted octanol–water partition coefficient (Wildman–Crippen LogP) is 6.29.